The van der Waals surface area contributed by atoms with E-state index in [1.54, 1.807) is 12.1 Å². The fraction of sp³-hybridized carbons (Fsp3) is 0.500. The van der Waals surface area contributed by atoms with E-state index in [0.29, 0.717) is 35.6 Å². The minimum atomic E-state index is 0.105. The van der Waals surface area contributed by atoms with E-state index in [0.717, 1.165) is 12.0 Å². The van der Waals surface area contributed by atoms with Crippen molar-refractivity contribution in [3.05, 3.63) is 33.8 Å². The van der Waals surface area contributed by atoms with Gasteiger partial charge in [0.1, 0.15) is 5.78 Å². The van der Waals surface area contributed by atoms with Crippen molar-refractivity contribution >= 4 is 29.0 Å². The summed E-state index contributed by atoms with van der Waals surface area (Å²) < 4.78 is 5.36. The van der Waals surface area contributed by atoms with Gasteiger partial charge in [-0.15, -0.1) is 0 Å². The maximum Gasteiger partial charge on any atom is 0.140 e. The van der Waals surface area contributed by atoms with Gasteiger partial charge >= 0.3 is 0 Å². The number of ether oxygens (including phenoxy) is 1. The number of halogens is 2. The third kappa shape index (κ3) is 3.25. The Hall–Kier alpha value is -0.570. The molecule has 2 unspecified atom stereocenters. The Morgan fingerprint density at radius 1 is 1.39 bits per heavy atom. The number of hydrogen-bond acceptors (Lipinski definition) is 2. The van der Waals surface area contributed by atoms with Crippen LogP contribution in [0.25, 0.3) is 0 Å². The summed E-state index contributed by atoms with van der Waals surface area (Å²) in [6.07, 6.45) is 1.24. The van der Waals surface area contributed by atoms with Crippen LogP contribution >= 0.6 is 23.2 Å². The van der Waals surface area contributed by atoms with E-state index >= 15 is 0 Å². The molecule has 1 aromatic rings. The zero-order chi connectivity index (χ0) is 13.1. The van der Waals surface area contributed by atoms with Crippen LogP contribution in [0.4, 0.5) is 0 Å². The van der Waals surface area contributed by atoms with Crippen molar-refractivity contribution in [3.8, 4) is 0 Å². The minimum Gasteiger partial charge on any atom is -0.381 e. The van der Waals surface area contributed by atoms with Crippen LogP contribution in [0.3, 0.4) is 0 Å². The molecule has 4 heteroatoms. The maximum absolute atomic E-state index is 12.2. The third-order valence-electron chi connectivity index (χ3n) is 3.42. The van der Waals surface area contributed by atoms with Gasteiger partial charge in [-0.3, -0.25) is 4.79 Å². The van der Waals surface area contributed by atoms with Crippen LogP contribution in [0.1, 0.15) is 18.9 Å². The van der Waals surface area contributed by atoms with Crippen molar-refractivity contribution in [1.82, 2.24) is 0 Å². The van der Waals surface area contributed by atoms with Crippen LogP contribution < -0.4 is 0 Å². The van der Waals surface area contributed by atoms with E-state index < -0.39 is 0 Å². The first kappa shape index (κ1) is 13.9. The Morgan fingerprint density at radius 3 is 2.83 bits per heavy atom. The van der Waals surface area contributed by atoms with E-state index in [-0.39, 0.29) is 11.7 Å². The zero-order valence-corrected chi connectivity index (χ0v) is 11.8. The number of ketones is 1. The van der Waals surface area contributed by atoms with Gasteiger partial charge in [0, 0.05) is 25.6 Å². The highest BCUT2D eigenvalue weighted by Crippen LogP contribution is 2.26. The molecule has 1 aliphatic heterocycles. The first-order valence-corrected chi connectivity index (χ1v) is 6.88. The molecule has 0 aliphatic carbocycles. The number of benzene rings is 1. The van der Waals surface area contributed by atoms with Gasteiger partial charge in [-0.25, -0.2) is 0 Å². The molecular formula is C14H16Cl2O2. The summed E-state index contributed by atoms with van der Waals surface area (Å²) in [5, 5.41) is 1.02. The fourth-order valence-corrected chi connectivity index (χ4v) is 2.66. The average molecular weight is 287 g/mol. The molecule has 1 heterocycles. The molecule has 0 aromatic heterocycles. The molecule has 1 fully saturated rings. The maximum atomic E-state index is 12.2. The van der Waals surface area contributed by atoms with Crippen molar-refractivity contribution in [2.24, 2.45) is 11.8 Å². The van der Waals surface area contributed by atoms with Gasteiger partial charge in [0.15, 0.2) is 0 Å². The number of hydrogen-bond donors (Lipinski definition) is 0. The van der Waals surface area contributed by atoms with Crippen molar-refractivity contribution < 1.29 is 9.53 Å². The smallest absolute Gasteiger partial charge is 0.140 e. The normalized spacial score (nSPS) is 23.9. The molecule has 0 bridgehead atoms. The largest absolute Gasteiger partial charge is 0.381 e. The SMILES string of the molecule is CC1COCCC1C(=O)Cc1ccc(Cl)c(Cl)c1. The van der Waals surface area contributed by atoms with Crippen molar-refractivity contribution in [2.75, 3.05) is 13.2 Å². The fourth-order valence-electron chi connectivity index (χ4n) is 2.34. The molecule has 0 N–H and O–H groups in total. The van der Waals surface area contributed by atoms with Crippen LogP contribution in [-0.4, -0.2) is 19.0 Å². The van der Waals surface area contributed by atoms with Crippen molar-refractivity contribution in [3.63, 3.8) is 0 Å². The van der Waals surface area contributed by atoms with Crippen LogP contribution in [0, 0.1) is 11.8 Å². The van der Waals surface area contributed by atoms with E-state index in [9.17, 15) is 4.79 Å². The quantitative estimate of drug-likeness (QED) is 0.845. The molecule has 0 saturated carbocycles. The van der Waals surface area contributed by atoms with E-state index in [1.807, 2.05) is 6.07 Å². The van der Waals surface area contributed by atoms with Crippen LogP contribution in [0.15, 0.2) is 18.2 Å². The molecular weight excluding hydrogens is 271 g/mol. The summed E-state index contributed by atoms with van der Waals surface area (Å²) in [5.41, 5.74) is 0.924. The molecule has 1 aliphatic rings. The van der Waals surface area contributed by atoms with Gasteiger partial charge in [0.05, 0.1) is 10.0 Å². The molecule has 1 aromatic carbocycles. The molecule has 18 heavy (non-hydrogen) atoms. The first-order valence-electron chi connectivity index (χ1n) is 6.12. The van der Waals surface area contributed by atoms with Crippen LogP contribution in [-0.2, 0) is 16.0 Å². The number of Topliss-reactive ketones (excluding diaryl/α,β-unsaturated/α-hetero) is 1. The molecule has 0 spiro atoms. The van der Waals surface area contributed by atoms with E-state index in [1.165, 1.54) is 0 Å². The Balaban J connectivity index is 2.04. The molecule has 0 radical (unpaired) electrons. The minimum absolute atomic E-state index is 0.105. The highest BCUT2D eigenvalue weighted by Gasteiger charge is 2.28. The Morgan fingerprint density at radius 2 is 2.17 bits per heavy atom. The lowest BCUT2D eigenvalue weighted by molar-refractivity contribution is -0.127. The molecule has 2 atom stereocenters. The molecule has 1 saturated heterocycles. The lowest BCUT2D eigenvalue weighted by atomic mass is 9.84. The van der Waals surface area contributed by atoms with Crippen molar-refractivity contribution in [1.29, 1.82) is 0 Å². The molecule has 2 rings (SSSR count). The van der Waals surface area contributed by atoms with Gasteiger partial charge in [0.25, 0.3) is 0 Å². The van der Waals surface area contributed by atoms with Gasteiger partial charge in [-0.2, -0.15) is 0 Å². The van der Waals surface area contributed by atoms with Crippen LogP contribution in [0.2, 0.25) is 10.0 Å². The zero-order valence-electron chi connectivity index (χ0n) is 10.3. The average Bonchev–Trinajstić information content (AvgIpc) is 2.34. The second-order valence-electron chi connectivity index (χ2n) is 4.84. The number of rotatable bonds is 3. The van der Waals surface area contributed by atoms with Gasteiger partial charge < -0.3 is 4.74 Å². The van der Waals surface area contributed by atoms with Gasteiger partial charge in [0.2, 0.25) is 0 Å². The third-order valence-corrected chi connectivity index (χ3v) is 4.16. The standard InChI is InChI=1S/C14H16Cl2O2/c1-9-8-18-5-4-11(9)14(17)7-10-2-3-12(15)13(16)6-10/h2-3,6,9,11H,4-5,7-8H2,1H3. The monoisotopic (exact) mass is 286 g/mol. The first-order chi connectivity index (χ1) is 8.58. The van der Waals surface area contributed by atoms with Crippen LogP contribution in [0.5, 0.6) is 0 Å². The Labute approximate surface area is 117 Å². The summed E-state index contributed by atoms with van der Waals surface area (Å²) in [6, 6.07) is 5.36. The number of carbonyl (C=O) groups excluding carboxylic acids is 1. The highest BCUT2D eigenvalue weighted by molar-refractivity contribution is 6.42. The summed E-state index contributed by atoms with van der Waals surface area (Å²) in [4.78, 5) is 12.2. The molecule has 0 amide bonds. The predicted molar refractivity (Wildman–Crippen MR) is 73.3 cm³/mol. The van der Waals surface area contributed by atoms with E-state index in [2.05, 4.69) is 6.92 Å². The Bertz CT molecular complexity index is 445. The topological polar surface area (TPSA) is 26.3 Å². The van der Waals surface area contributed by atoms with E-state index in [4.69, 9.17) is 27.9 Å². The summed E-state index contributed by atoms with van der Waals surface area (Å²) in [5.74, 6) is 0.673. The number of carbonyl (C=O) groups is 1. The lowest BCUT2D eigenvalue weighted by Gasteiger charge is -2.27. The summed E-state index contributed by atoms with van der Waals surface area (Å²) in [6.45, 7) is 3.43. The molecule has 2 nitrogen and oxygen atoms in total. The highest BCUT2D eigenvalue weighted by atomic mass is 35.5. The summed E-state index contributed by atoms with van der Waals surface area (Å²) >= 11 is 11.8. The second kappa shape index (κ2) is 6.05. The van der Waals surface area contributed by atoms with Gasteiger partial charge in [-0.05, 0) is 30.0 Å². The van der Waals surface area contributed by atoms with Crippen molar-refractivity contribution in [2.45, 2.75) is 19.8 Å². The predicted octanol–water partition coefficient (Wildman–Crippen LogP) is 3.78. The lowest BCUT2D eigenvalue weighted by Crippen LogP contribution is -2.32. The Kier molecular flexibility index (Phi) is 4.66. The summed E-state index contributed by atoms with van der Waals surface area (Å²) in [7, 11) is 0. The molecule has 98 valence electrons. The van der Waals surface area contributed by atoms with Gasteiger partial charge in [-0.1, -0.05) is 36.2 Å². The second-order valence-corrected chi connectivity index (χ2v) is 5.65.